The van der Waals surface area contributed by atoms with Gasteiger partial charge in [0.2, 0.25) is 5.91 Å². The highest BCUT2D eigenvalue weighted by atomic mass is 16.5. The van der Waals surface area contributed by atoms with Crippen molar-refractivity contribution in [1.82, 2.24) is 5.32 Å². The second-order valence-electron chi connectivity index (χ2n) is 3.17. The number of nitrogens with one attached hydrogen (secondary N) is 1. The van der Waals surface area contributed by atoms with Gasteiger partial charge in [-0.3, -0.25) is 4.79 Å². The predicted octanol–water partition coefficient (Wildman–Crippen LogP) is -0.242. The Kier molecular flexibility index (Phi) is 4.13. The maximum atomic E-state index is 11.4. The van der Waals surface area contributed by atoms with E-state index in [4.69, 9.17) is 9.84 Å². The van der Waals surface area contributed by atoms with Crippen LogP contribution >= 0.6 is 0 Å². The van der Waals surface area contributed by atoms with Crippen molar-refractivity contribution in [3.8, 4) is 11.8 Å². The summed E-state index contributed by atoms with van der Waals surface area (Å²) in [4.78, 5) is 21.9. The average Bonchev–Trinajstić information content (AvgIpc) is 2.66. The van der Waals surface area contributed by atoms with Crippen LogP contribution in [0, 0.1) is 11.8 Å². The Morgan fingerprint density at radius 3 is 2.67 bits per heavy atom. The van der Waals surface area contributed by atoms with Gasteiger partial charge >= 0.3 is 5.97 Å². The molecule has 15 heavy (non-hydrogen) atoms. The van der Waals surface area contributed by atoms with E-state index in [-0.39, 0.29) is 12.5 Å². The van der Waals surface area contributed by atoms with Gasteiger partial charge in [0.25, 0.3) is 0 Å². The zero-order valence-corrected chi connectivity index (χ0v) is 8.45. The first-order valence-corrected chi connectivity index (χ1v) is 4.70. The van der Waals surface area contributed by atoms with E-state index in [9.17, 15) is 9.59 Å². The SMILES string of the molecule is CC#CCNC(=O)[C@@H]1CC[C@H](C(=O)O)O1. The number of hydrogen-bond donors (Lipinski definition) is 2. The fourth-order valence-corrected chi connectivity index (χ4v) is 1.35. The summed E-state index contributed by atoms with van der Waals surface area (Å²) >= 11 is 0. The first-order chi connectivity index (χ1) is 7.15. The van der Waals surface area contributed by atoms with Crippen LogP contribution in [0.1, 0.15) is 19.8 Å². The Bertz CT molecular complexity index is 315. The van der Waals surface area contributed by atoms with E-state index in [2.05, 4.69) is 17.2 Å². The van der Waals surface area contributed by atoms with Crippen LogP contribution in [0.5, 0.6) is 0 Å². The van der Waals surface area contributed by atoms with Crippen molar-refractivity contribution in [2.45, 2.75) is 32.0 Å². The van der Waals surface area contributed by atoms with Crippen LogP contribution in [-0.2, 0) is 14.3 Å². The minimum atomic E-state index is -1.02. The number of carboxylic acid groups (broad SMARTS) is 1. The second-order valence-corrected chi connectivity index (χ2v) is 3.17. The highest BCUT2D eigenvalue weighted by molar-refractivity contribution is 5.82. The highest BCUT2D eigenvalue weighted by Crippen LogP contribution is 2.19. The Morgan fingerprint density at radius 2 is 2.13 bits per heavy atom. The molecule has 0 radical (unpaired) electrons. The molecule has 2 atom stereocenters. The fraction of sp³-hybridized carbons (Fsp3) is 0.600. The number of amides is 1. The van der Waals surface area contributed by atoms with Gasteiger partial charge in [0.1, 0.15) is 6.10 Å². The second kappa shape index (κ2) is 5.37. The molecule has 5 heteroatoms. The van der Waals surface area contributed by atoms with Crippen molar-refractivity contribution < 1.29 is 19.4 Å². The first-order valence-electron chi connectivity index (χ1n) is 4.70. The van der Waals surface area contributed by atoms with Crippen molar-refractivity contribution in [2.24, 2.45) is 0 Å². The number of carboxylic acids is 1. The smallest absolute Gasteiger partial charge is 0.332 e. The van der Waals surface area contributed by atoms with Crippen LogP contribution in [0.4, 0.5) is 0 Å². The number of ether oxygens (including phenoxy) is 1. The third-order valence-electron chi connectivity index (χ3n) is 2.12. The van der Waals surface area contributed by atoms with Gasteiger partial charge in [0, 0.05) is 0 Å². The van der Waals surface area contributed by atoms with Gasteiger partial charge in [0.05, 0.1) is 6.54 Å². The minimum absolute atomic E-state index is 0.271. The molecule has 0 aliphatic carbocycles. The third-order valence-corrected chi connectivity index (χ3v) is 2.12. The standard InChI is InChI=1S/C10H13NO4/c1-2-3-6-11-9(12)7-4-5-8(15-7)10(13)14/h7-8H,4-6H2,1H3,(H,11,12)(H,13,14)/t7-,8+/m0/s1. The molecule has 1 heterocycles. The minimum Gasteiger partial charge on any atom is -0.479 e. The molecule has 0 aromatic carbocycles. The largest absolute Gasteiger partial charge is 0.479 e. The summed E-state index contributed by atoms with van der Waals surface area (Å²) in [5.41, 5.74) is 0. The van der Waals surface area contributed by atoms with Crippen LogP contribution in [0.2, 0.25) is 0 Å². The van der Waals surface area contributed by atoms with E-state index in [0.717, 1.165) is 0 Å². The molecule has 5 nitrogen and oxygen atoms in total. The van der Waals surface area contributed by atoms with E-state index < -0.39 is 18.2 Å². The van der Waals surface area contributed by atoms with E-state index >= 15 is 0 Å². The highest BCUT2D eigenvalue weighted by Gasteiger charge is 2.34. The molecular weight excluding hydrogens is 198 g/mol. The monoisotopic (exact) mass is 211 g/mol. The Hall–Kier alpha value is -1.54. The number of carbonyl (C=O) groups is 2. The number of hydrogen-bond acceptors (Lipinski definition) is 3. The number of aliphatic carboxylic acids is 1. The molecule has 1 aliphatic heterocycles. The lowest BCUT2D eigenvalue weighted by Crippen LogP contribution is -2.35. The molecule has 1 saturated heterocycles. The third kappa shape index (κ3) is 3.26. The summed E-state index contributed by atoms with van der Waals surface area (Å²) in [6.45, 7) is 1.95. The van der Waals surface area contributed by atoms with Gasteiger partial charge < -0.3 is 15.2 Å². The molecule has 0 saturated carbocycles. The molecule has 0 spiro atoms. The molecule has 0 unspecified atom stereocenters. The number of carbonyl (C=O) groups excluding carboxylic acids is 1. The van der Waals surface area contributed by atoms with Crippen molar-refractivity contribution in [3.05, 3.63) is 0 Å². The van der Waals surface area contributed by atoms with Crippen LogP contribution in [-0.4, -0.2) is 35.7 Å². The van der Waals surface area contributed by atoms with Gasteiger partial charge in [-0.15, -0.1) is 5.92 Å². The summed E-state index contributed by atoms with van der Waals surface area (Å²) in [5, 5.41) is 11.2. The molecule has 1 aliphatic rings. The van der Waals surface area contributed by atoms with Crippen LogP contribution in [0.3, 0.4) is 0 Å². The summed E-state index contributed by atoms with van der Waals surface area (Å²) in [6.07, 6.45) is -0.669. The Balaban J connectivity index is 2.35. The average molecular weight is 211 g/mol. The van der Waals surface area contributed by atoms with E-state index in [1.165, 1.54) is 0 Å². The zero-order valence-electron chi connectivity index (χ0n) is 8.45. The maximum Gasteiger partial charge on any atom is 0.332 e. The summed E-state index contributed by atoms with van der Waals surface area (Å²) in [5.74, 6) is 4.02. The van der Waals surface area contributed by atoms with Crippen molar-refractivity contribution >= 4 is 11.9 Å². The lowest BCUT2D eigenvalue weighted by molar-refractivity contribution is -0.151. The Labute approximate surface area is 87.8 Å². The number of rotatable bonds is 3. The molecule has 82 valence electrons. The quantitative estimate of drug-likeness (QED) is 0.632. The topological polar surface area (TPSA) is 75.6 Å². The van der Waals surface area contributed by atoms with Gasteiger partial charge in [-0.1, -0.05) is 5.92 Å². The zero-order chi connectivity index (χ0) is 11.3. The van der Waals surface area contributed by atoms with E-state index in [1.54, 1.807) is 6.92 Å². The van der Waals surface area contributed by atoms with Crippen molar-refractivity contribution in [1.29, 1.82) is 0 Å². The van der Waals surface area contributed by atoms with E-state index in [0.29, 0.717) is 12.8 Å². The Morgan fingerprint density at radius 1 is 1.47 bits per heavy atom. The lowest BCUT2D eigenvalue weighted by Gasteiger charge is -2.09. The summed E-state index contributed by atoms with van der Waals surface area (Å²) in [7, 11) is 0. The van der Waals surface area contributed by atoms with E-state index in [1.807, 2.05) is 0 Å². The molecule has 0 aromatic rings. The molecule has 1 rings (SSSR count). The maximum absolute atomic E-state index is 11.4. The lowest BCUT2D eigenvalue weighted by atomic mass is 10.2. The van der Waals surface area contributed by atoms with Gasteiger partial charge in [-0.25, -0.2) is 4.79 Å². The first kappa shape index (κ1) is 11.5. The predicted molar refractivity (Wildman–Crippen MR) is 52.0 cm³/mol. The molecular formula is C10H13NO4. The van der Waals surface area contributed by atoms with Crippen molar-refractivity contribution in [2.75, 3.05) is 6.54 Å². The van der Waals surface area contributed by atoms with Crippen molar-refractivity contribution in [3.63, 3.8) is 0 Å². The van der Waals surface area contributed by atoms with Crippen LogP contribution < -0.4 is 5.32 Å². The molecule has 0 bridgehead atoms. The van der Waals surface area contributed by atoms with Gasteiger partial charge in [-0.2, -0.15) is 0 Å². The molecule has 0 aromatic heterocycles. The molecule has 1 fully saturated rings. The summed E-state index contributed by atoms with van der Waals surface area (Å²) < 4.78 is 5.06. The van der Waals surface area contributed by atoms with Crippen LogP contribution in [0.25, 0.3) is 0 Å². The molecule has 1 amide bonds. The fourth-order valence-electron chi connectivity index (χ4n) is 1.35. The normalized spacial score (nSPS) is 24.1. The summed E-state index contributed by atoms with van der Waals surface area (Å²) in [6, 6.07) is 0. The molecule has 2 N–H and O–H groups in total. The van der Waals surface area contributed by atoms with Gasteiger partial charge in [-0.05, 0) is 19.8 Å². The van der Waals surface area contributed by atoms with Gasteiger partial charge in [0.15, 0.2) is 6.10 Å². The van der Waals surface area contributed by atoms with Crippen LogP contribution in [0.15, 0.2) is 0 Å².